The minimum absolute atomic E-state index is 0.228. The number of hydrogen-bond donors (Lipinski definition) is 0. The monoisotopic (exact) mass is 191 g/mol. The van der Waals surface area contributed by atoms with Crippen LogP contribution in [0.25, 0.3) is 0 Å². The van der Waals surface area contributed by atoms with Crippen LogP contribution >= 0.6 is 0 Å². The zero-order chi connectivity index (χ0) is 10.7. The first kappa shape index (κ1) is 10.4. The van der Waals surface area contributed by atoms with E-state index in [2.05, 4.69) is 0 Å². The van der Waals surface area contributed by atoms with Crippen molar-refractivity contribution >= 4 is 11.8 Å². The predicted molar refractivity (Wildman–Crippen MR) is 54.4 cm³/mol. The van der Waals surface area contributed by atoms with E-state index >= 15 is 0 Å². The third-order valence-corrected chi connectivity index (χ3v) is 2.10. The van der Waals surface area contributed by atoms with Crippen molar-refractivity contribution in [1.82, 2.24) is 4.90 Å². The number of hydrogen-bond acceptors (Lipinski definition) is 2. The summed E-state index contributed by atoms with van der Waals surface area (Å²) in [5, 5.41) is 0. The van der Waals surface area contributed by atoms with Gasteiger partial charge in [0, 0.05) is 12.6 Å². The Kier molecular flexibility index (Phi) is 3.02. The van der Waals surface area contributed by atoms with Crippen LogP contribution in [0.1, 0.15) is 13.8 Å². The van der Waals surface area contributed by atoms with Crippen molar-refractivity contribution in [2.45, 2.75) is 13.8 Å². The number of amides is 2. The summed E-state index contributed by atoms with van der Waals surface area (Å²) in [6.07, 6.45) is 6.90. The molecule has 0 aliphatic carbocycles. The largest absolute Gasteiger partial charge is 0.277 e. The highest BCUT2D eigenvalue weighted by Crippen LogP contribution is 2.23. The van der Waals surface area contributed by atoms with E-state index in [0.29, 0.717) is 11.1 Å². The molecule has 0 aromatic rings. The van der Waals surface area contributed by atoms with Gasteiger partial charge in [0.15, 0.2) is 0 Å². The molecule has 14 heavy (non-hydrogen) atoms. The van der Waals surface area contributed by atoms with Gasteiger partial charge in [0.2, 0.25) is 0 Å². The van der Waals surface area contributed by atoms with Crippen molar-refractivity contribution in [2.75, 3.05) is 7.05 Å². The highest BCUT2D eigenvalue weighted by atomic mass is 16.2. The van der Waals surface area contributed by atoms with Crippen LogP contribution in [0.3, 0.4) is 0 Å². The molecule has 74 valence electrons. The fourth-order valence-corrected chi connectivity index (χ4v) is 1.32. The van der Waals surface area contributed by atoms with Gasteiger partial charge >= 0.3 is 0 Å². The number of likely N-dealkylation sites (tertiary alicyclic amines) is 1. The summed E-state index contributed by atoms with van der Waals surface area (Å²) >= 11 is 0. The average Bonchev–Trinajstić information content (AvgIpc) is 2.39. The lowest BCUT2D eigenvalue weighted by Crippen LogP contribution is -2.24. The summed E-state index contributed by atoms with van der Waals surface area (Å²) in [5.74, 6) is -0.463. The zero-order valence-electron chi connectivity index (χ0n) is 8.57. The molecule has 0 bridgehead atoms. The first-order valence-corrected chi connectivity index (χ1v) is 4.45. The molecule has 1 aliphatic rings. The Balaban J connectivity index is 3.18. The first-order chi connectivity index (χ1) is 6.63. The third kappa shape index (κ3) is 1.53. The molecule has 1 saturated heterocycles. The van der Waals surface area contributed by atoms with Gasteiger partial charge in [0.25, 0.3) is 11.8 Å². The van der Waals surface area contributed by atoms with Crippen LogP contribution in [-0.2, 0) is 9.59 Å². The molecule has 1 heterocycles. The topological polar surface area (TPSA) is 37.4 Å². The number of likely N-dealkylation sites (N-methyl/N-ethyl adjacent to an activating group) is 1. The minimum atomic E-state index is -0.235. The van der Waals surface area contributed by atoms with Crippen molar-refractivity contribution < 1.29 is 9.59 Å². The SMILES string of the molecule is C\C=C/C=C1/C(=O)N(C)C(=O)/C1=C/C. The standard InChI is InChI=1S/C11H13NO2/c1-4-6-7-9-8(5-2)10(13)12(3)11(9)14/h4-7H,1-3H3/b6-4-,8-5+,9-7+. The molecule has 0 aromatic carbocycles. The molecule has 0 saturated carbocycles. The second-order valence-corrected chi connectivity index (χ2v) is 2.98. The molecule has 1 fully saturated rings. The average molecular weight is 191 g/mol. The molecule has 0 atom stereocenters. The van der Waals surface area contributed by atoms with Gasteiger partial charge in [-0.2, -0.15) is 0 Å². The molecule has 1 rings (SSSR count). The van der Waals surface area contributed by atoms with Gasteiger partial charge in [-0.25, -0.2) is 0 Å². The molecule has 2 amide bonds. The summed E-state index contributed by atoms with van der Waals surface area (Å²) in [4.78, 5) is 24.2. The highest BCUT2D eigenvalue weighted by Gasteiger charge is 2.34. The minimum Gasteiger partial charge on any atom is -0.277 e. The van der Waals surface area contributed by atoms with Crippen molar-refractivity contribution in [2.24, 2.45) is 0 Å². The van der Waals surface area contributed by atoms with Gasteiger partial charge in [-0.3, -0.25) is 14.5 Å². The summed E-state index contributed by atoms with van der Waals surface area (Å²) in [5.41, 5.74) is 0.953. The van der Waals surface area contributed by atoms with Gasteiger partial charge in [-0.1, -0.05) is 18.2 Å². The first-order valence-electron chi connectivity index (χ1n) is 4.45. The number of allylic oxidation sites excluding steroid dienone is 4. The van der Waals surface area contributed by atoms with E-state index in [1.165, 1.54) is 7.05 Å². The zero-order valence-corrected chi connectivity index (χ0v) is 8.57. The number of rotatable bonds is 1. The maximum Gasteiger partial charge on any atom is 0.261 e. The summed E-state index contributed by atoms with van der Waals surface area (Å²) in [7, 11) is 1.49. The van der Waals surface area contributed by atoms with E-state index in [1.807, 2.05) is 13.0 Å². The fourth-order valence-electron chi connectivity index (χ4n) is 1.32. The molecule has 0 N–H and O–H groups in total. The summed E-state index contributed by atoms with van der Waals surface area (Å²) < 4.78 is 0. The molecular weight excluding hydrogens is 178 g/mol. The molecule has 0 aromatic heterocycles. The molecule has 0 radical (unpaired) electrons. The normalized spacial score (nSPS) is 23.5. The van der Waals surface area contributed by atoms with E-state index in [0.717, 1.165) is 4.90 Å². The van der Waals surface area contributed by atoms with Crippen LogP contribution in [-0.4, -0.2) is 23.8 Å². The van der Waals surface area contributed by atoms with Gasteiger partial charge in [0.1, 0.15) is 0 Å². The number of nitrogens with zero attached hydrogens (tertiary/aromatic N) is 1. The number of imide groups is 1. The molecule has 1 aliphatic heterocycles. The fraction of sp³-hybridized carbons (Fsp3) is 0.273. The van der Waals surface area contributed by atoms with Crippen LogP contribution in [0.5, 0.6) is 0 Å². The third-order valence-electron chi connectivity index (χ3n) is 2.10. The second-order valence-electron chi connectivity index (χ2n) is 2.98. The number of carbonyl (C=O) groups excluding carboxylic acids is 2. The van der Waals surface area contributed by atoms with Crippen LogP contribution in [0.15, 0.2) is 35.5 Å². The van der Waals surface area contributed by atoms with Crippen molar-refractivity contribution in [3.05, 3.63) is 35.5 Å². The molecule has 0 spiro atoms. The lowest BCUT2D eigenvalue weighted by Gasteiger charge is -2.01. The van der Waals surface area contributed by atoms with Crippen molar-refractivity contribution in [3.8, 4) is 0 Å². The highest BCUT2D eigenvalue weighted by molar-refractivity contribution is 6.24. The van der Waals surface area contributed by atoms with Crippen LogP contribution in [0.4, 0.5) is 0 Å². The number of carbonyl (C=O) groups is 2. The smallest absolute Gasteiger partial charge is 0.261 e. The molecule has 3 heteroatoms. The lowest BCUT2D eigenvalue weighted by atomic mass is 10.1. The predicted octanol–water partition coefficient (Wildman–Crippen LogP) is 1.43. The molecule has 3 nitrogen and oxygen atoms in total. The Morgan fingerprint density at radius 2 is 1.64 bits per heavy atom. The Bertz CT molecular complexity index is 361. The van der Waals surface area contributed by atoms with E-state index in [4.69, 9.17) is 0 Å². The van der Waals surface area contributed by atoms with Gasteiger partial charge in [-0.15, -0.1) is 0 Å². The van der Waals surface area contributed by atoms with Crippen molar-refractivity contribution in [3.63, 3.8) is 0 Å². The van der Waals surface area contributed by atoms with E-state index in [1.54, 1.807) is 25.2 Å². The van der Waals surface area contributed by atoms with E-state index in [9.17, 15) is 9.59 Å². The Labute approximate surface area is 83.4 Å². The van der Waals surface area contributed by atoms with Crippen LogP contribution in [0.2, 0.25) is 0 Å². The van der Waals surface area contributed by atoms with Gasteiger partial charge < -0.3 is 0 Å². The molecular formula is C11H13NO2. The maximum absolute atomic E-state index is 11.6. The Morgan fingerprint density at radius 3 is 2.14 bits per heavy atom. The summed E-state index contributed by atoms with van der Waals surface area (Å²) in [6.45, 7) is 3.61. The maximum atomic E-state index is 11.6. The lowest BCUT2D eigenvalue weighted by molar-refractivity contribution is -0.134. The quantitative estimate of drug-likeness (QED) is 0.464. The Morgan fingerprint density at radius 1 is 1.07 bits per heavy atom. The van der Waals surface area contributed by atoms with Gasteiger partial charge in [-0.05, 0) is 19.9 Å². The van der Waals surface area contributed by atoms with E-state index < -0.39 is 0 Å². The van der Waals surface area contributed by atoms with Gasteiger partial charge in [0.05, 0.1) is 5.57 Å². The van der Waals surface area contributed by atoms with Crippen LogP contribution in [0, 0.1) is 0 Å². The van der Waals surface area contributed by atoms with Crippen LogP contribution < -0.4 is 0 Å². The van der Waals surface area contributed by atoms with Crippen molar-refractivity contribution in [1.29, 1.82) is 0 Å². The molecule has 0 unspecified atom stereocenters. The van der Waals surface area contributed by atoms with E-state index in [-0.39, 0.29) is 11.8 Å². The second kappa shape index (κ2) is 4.05. The summed E-state index contributed by atoms with van der Waals surface area (Å²) in [6, 6.07) is 0. The Hall–Kier alpha value is -1.64.